The lowest BCUT2D eigenvalue weighted by atomic mass is 9.99. The van der Waals surface area contributed by atoms with E-state index in [1.807, 2.05) is 13.8 Å². The molecule has 16 heavy (non-hydrogen) atoms. The van der Waals surface area contributed by atoms with E-state index in [9.17, 15) is 9.50 Å². The molecule has 1 N–H and O–H groups in total. The fourth-order valence-corrected chi connectivity index (χ4v) is 1.65. The van der Waals surface area contributed by atoms with Crippen molar-refractivity contribution in [3.8, 4) is 17.1 Å². The predicted molar refractivity (Wildman–Crippen MR) is 59.9 cm³/mol. The lowest BCUT2D eigenvalue weighted by Gasteiger charge is -2.10. The molecule has 0 radical (unpaired) electrons. The molecule has 0 aliphatic heterocycles. The van der Waals surface area contributed by atoms with E-state index in [1.165, 1.54) is 18.4 Å². The molecule has 3 heteroatoms. The summed E-state index contributed by atoms with van der Waals surface area (Å²) in [6.45, 7) is 3.76. The summed E-state index contributed by atoms with van der Waals surface area (Å²) in [6.07, 6.45) is 1.49. The van der Waals surface area contributed by atoms with Gasteiger partial charge in [-0.05, 0) is 35.7 Å². The van der Waals surface area contributed by atoms with Gasteiger partial charge in [-0.1, -0.05) is 13.8 Å². The Morgan fingerprint density at radius 3 is 2.62 bits per heavy atom. The predicted octanol–water partition coefficient (Wildman–Crippen LogP) is 3.91. The Morgan fingerprint density at radius 2 is 2.06 bits per heavy atom. The van der Waals surface area contributed by atoms with Crippen molar-refractivity contribution in [2.24, 2.45) is 0 Å². The molecule has 0 aliphatic carbocycles. The van der Waals surface area contributed by atoms with Crippen molar-refractivity contribution < 1.29 is 13.9 Å². The molecule has 0 spiro atoms. The topological polar surface area (TPSA) is 33.4 Å². The number of aromatic hydroxyl groups is 1. The molecule has 0 bridgehead atoms. The van der Waals surface area contributed by atoms with E-state index in [1.54, 1.807) is 12.1 Å². The molecule has 0 amide bonds. The largest absolute Gasteiger partial charge is 0.507 e. The van der Waals surface area contributed by atoms with Crippen LogP contribution in [0.1, 0.15) is 25.3 Å². The van der Waals surface area contributed by atoms with Gasteiger partial charge in [-0.25, -0.2) is 4.39 Å². The quantitative estimate of drug-likeness (QED) is 0.832. The summed E-state index contributed by atoms with van der Waals surface area (Å²) >= 11 is 0. The summed E-state index contributed by atoms with van der Waals surface area (Å²) < 4.78 is 18.8. The molecule has 1 aromatic carbocycles. The van der Waals surface area contributed by atoms with Crippen molar-refractivity contribution in [1.29, 1.82) is 0 Å². The minimum absolute atomic E-state index is 0.0385. The smallest absolute Gasteiger partial charge is 0.137 e. The minimum Gasteiger partial charge on any atom is -0.507 e. The van der Waals surface area contributed by atoms with Crippen LogP contribution >= 0.6 is 0 Å². The first-order valence-corrected chi connectivity index (χ1v) is 5.16. The molecule has 2 nitrogen and oxygen atoms in total. The van der Waals surface area contributed by atoms with Crippen LogP contribution in [0.15, 0.2) is 34.9 Å². The average Bonchev–Trinajstić information content (AvgIpc) is 2.73. The highest BCUT2D eigenvalue weighted by molar-refractivity contribution is 5.66. The SMILES string of the molecule is CC(C)c1cc(O)c(-c2ccco2)cc1F. The van der Waals surface area contributed by atoms with Gasteiger partial charge in [-0.15, -0.1) is 0 Å². The fraction of sp³-hybridized carbons (Fsp3) is 0.231. The van der Waals surface area contributed by atoms with E-state index in [4.69, 9.17) is 4.42 Å². The van der Waals surface area contributed by atoms with Crippen molar-refractivity contribution >= 4 is 0 Å². The summed E-state index contributed by atoms with van der Waals surface area (Å²) in [7, 11) is 0. The number of rotatable bonds is 2. The highest BCUT2D eigenvalue weighted by Gasteiger charge is 2.14. The molecule has 1 heterocycles. The summed E-state index contributed by atoms with van der Waals surface area (Å²) in [5.74, 6) is 0.225. The third kappa shape index (κ3) is 1.81. The Bertz CT molecular complexity index is 487. The number of halogens is 1. The van der Waals surface area contributed by atoms with Crippen molar-refractivity contribution in [2.75, 3.05) is 0 Å². The molecule has 0 saturated heterocycles. The van der Waals surface area contributed by atoms with Gasteiger partial charge in [-0.3, -0.25) is 0 Å². The van der Waals surface area contributed by atoms with Crippen LogP contribution in [0.4, 0.5) is 4.39 Å². The summed E-state index contributed by atoms with van der Waals surface area (Å²) in [5, 5.41) is 9.81. The molecule has 0 fully saturated rings. The monoisotopic (exact) mass is 220 g/mol. The van der Waals surface area contributed by atoms with E-state index in [-0.39, 0.29) is 17.5 Å². The second kappa shape index (κ2) is 4.00. The van der Waals surface area contributed by atoms with Crippen LogP contribution < -0.4 is 0 Å². The van der Waals surface area contributed by atoms with Crippen molar-refractivity contribution in [1.82, 2.24) is 0 Å². The zero-order chi connectivity index (χ0) is 11.7. The molecule has 0 atom stereocenters. The van der Waals surface area contributed by atoms with Crippen LogP contribution in [-0.4, -0.2) is 5.11 Å². The Kier molecular flexibility index (Phi) is 2.69. The zero-order valence-corrected chi connectivity index (χ0v) is 9.20. The first kappa shape index (κ1) is 10.7. The van der Waals surface area contributed by atoms with E-state index in [0.717, 1.165) is 0 Å². The highest BCUT2D eigenvalue weighted by atomic mass is 19.1. The van der Waals surface area contributed by atoms with E-state index >= 15 is 0 Å². The van der Waals surface area contributed by atoms with Gasteiger partial charge < -0.3 is 9.52 Å². The lowest BCUT2D eigenvalue weighted by molar-refractivity contribution is 0.468. The number of phenolic OH excluding ortho intramolecular Hbond substituents is 1. The van der Waals surface area contributed by atoms with Crippen molar-refractivity contribution in [3.63, 3.8) is 0 Å². The second-order valence-electron chi connectivity index (χ2n) is 4.02. The molecule has 2 rings (SSSR count). The second-order valence-corrected chi connectivity index (χ2v) is 4.02. The third-order valence-electron chi connectivity index (χ3n) is 2.52. The highest BCUT2D eigenvalue weighted by Crippen LogP contribution is 2.33. The molecule has 0 unspecified atom stereocenters. The first-order chi connectivity index (χ1) is 7.59. The number of benzene rings is 1. The normalized spacial score (nSPS) is 11.0. The summed E-state index contributed by atoms with van der Waals surface area (Å²) in [5.41, 5.74) is 0.889. The van der Waals surface area contributed by atoms with Crippen LogP contribution in [0.25, 0.3) is 11.3 Å². The van der Waals surface area contributed by atoms with Gasteiger partial charge in [0.25, 0.3) is 0 Å². The van der Waals surface area contributed by atoms with Gasteiger partial charge >= 0.3 is 0 Å². The third-order valence-corrected chi connectivity index (χ3v) is 2.52. The summed E-state index contributed by atoms with van der Waals surface area (Å²) in [6, 6.07) is 6.15. The lowest BCUT2D eigenvalue weighted by Crippen LogP contribution is -1.93. The number of hydrogen-bond donors (Lipinski definition) is 1. The fourth-order valence-electron chi connectivity index (χ4n) is 1.65. The molecular weight excluding hydrogens is 207 g/mol. The molecule has 0 saturated carbocycles. The molecule has 0 aliphatic rings. The van der Waals surface area contributed by atoms with E-state index < -0.39 is 0 Å². The van der Waals surface area contributed by atoms with Crippen LogP contribution in [0.3, 0.4) is 0 Å². The van der Waals surface area contributed by atoms with E-state index in [0.29, 0.717) is 16.9 Å². The van der Waals surface area contributed by atoms with Gasteiger partial charge in [-0.2, -0.15) is 0 Å². The van der Waals surface area contributed by atoms with Crippen LogP contribution in [0.2, 0.25) is 0 Å². The molecule has 84 valence electrons. The number of phenols is 1. The maximum Gasteiger partial charge on any atom is 0.137 e. The van der Waals surface area contributed by atoms with Crippen LogP contribution in [0.5, 0.6) is 5.75 Å². The van der Waals surface area contributed by atoms with E-state index in [2.05, 4.69) is 0 Å². The van der Waals surface area contributed by atoms with Gasteiger partial charge in [0, 0.05) is 0 Å². The minimum atomic E-state index is -0.320. The average molecular weight is 220 g/mol. The Balaban J connectivity index is 2.54. The maximum absolute atomic E-state index is 13.7. The molecule has 1 aromatic heterocycles. The number of hydrogen-bond acceptors (Lipinski definition) is 2. The van der Waals surface area contributed by atoms with Gasteiger partial charge in [0.1, 0.15) is 17.3 Å². The standard InChI is InChI=1S/C13H13FO2/c1-8(2)9-7-12(15)10(6-11(9)14)13-4-3-5-16-13/h3-8,15H,1-2H3. The van der Waals surface area contributed by atoms with Gasteiger partial charge in [0.15, 0.2) is 0 Å². The molecular formula is C13H13FO2. The number of furan rings is 1. The van der Waals surface area contributed by atoms with Crippen LogP contribution in [0, 0.1) is 5.82 Å². The van der Waals surface area contributed by atoms with Crippen molar-refractivity contribution in [3.05, 3.63) is 41.9 Å². The van der Waals surface area contributed by atoms with Crippen molar-refractivity contribution in [2.45, 2.75) is 19.8 Å². The first-order valence-electron chi connectivity index (χ1n) is 5.16. The molecule has 2 aromatic rings. The zero-order valence-electron chi connectivity index (χ0n) is 9.20. The Hall–Kier alpha value is -1.77. The Labute approximate surface area is 93.3 Å². The van der Waals surface area contributed by atoms with Gasteiger partial charge in [0.2, 0.25) is 0 Å². The maximum atomic E-state index is 13.7. The Morgan fingerprint density at radius 1 is 1.31 bits per heavy atom. The van der Waals surface area contributed by atoms with Crippen LogP contribution in [-0.2, 0) is 0 Å². The van der Waals surface area contributed by atoms with Gasteiger partial charge in [0.05, 0.1) is 11.8 Å². The summed E-state index contributed by atoms with van der Waals surface area (Å²) in [4.78, 5) is 0.